The lowest BCUT2D eigenvalue weighted by atomic mass is 10.1. The number of hydrogen-bond acceptors (Lipinski definition) is 6. The van der Waals surface area contributed by atoms with Crippen molar-refractivity contribution in [1.82, 2.24) is 10.3 Å². The fraction of sp³-hybridized carbons (Fsp3) is 0.583. The summed E-state index contributed by atoms with van der Waals surface area (Å²) in [7, 11) is 1.62. The van der Waals surface area contributed by atoms with Crippen LogP contribution >= 0.6 is 24.8 Å². The highest BCUT2D eigenvalue weighted by atomic mass is 35.5. The van der Waals surface area contributed by atoms with Crippen molar-refractivity contribution in [3.63, 3.8) is 0 Å². The standard InChI is InChI=1S/C12H20N4O2.2ClH/c1-8(17)9-7-16(4-3-14-9)10-6-15-12(13)5-11(10)18-2;;/h5-6,8-9,14,17H,3-4,7H2,1-2H3,(H2,13,15);2*1H/t8-,9+;;/m0../s1. The molecule has 1 aromatic heterocycles. The van der Waals surface area contributed by atoms with Gasteiger partial charge in [-0.3, -0.25) is 0 Å². The first-order valence-electron chi connectivity index (χ1n) is 6.07. The van der Waals surface area contributed by atoms with Gasteiger partial charge in [0.1, 0.15) is 11.6 Å². The Bertz CT molecular complexity index is 420. The molecule has 116 valence electrons. The van der Waals surface area contributed by atoms with E-state index >= 15 is 0 Å². The molecular weight excluding hydrogens is 303 g/mol. The smallest absolute Gasteiger partial charge is 0.147 e. The zero-order valence-electron chi connectivity index (χ0n) is 11.6. The quantitative estimate of drug-likeness (QED) is 0.758. The maximum Gasteiger partial charge on any atom is 0.147 e. The Morgan fingerprint density at radius 1 is 1.55 bits per heavy atom. The van der Waals surface area contributed by atoms with Crippen LogP contribution in [0.25, 0.3) is 0 Å². The number of nitrogens with zero attached hydrogens (tertiary/aromatic N) is 2. The van der Waals surface area contributed by atoms with Crippen LogP contribution in [0, 0.1) is 0 Å². The largest absolute Gasteiger partial charge is 0.494 e. The number of hydrogen-bond donors (Lipinski definition) is 3. The Kier molecular flexibility index (Phi) is 7.96. The second-order valence-electron chi connectivity index (χ2n) is 4.53. The highest BCUT2D eigenvalue weighted by molar-refractivity contribution is 5.85. The van der Waals surface area contributed by atoms with Gasteiger partial charge < -0.3 is 25.8 Å². The van der Waals surface area contributed by atoms with Crippen molar-refractivity contribution in [3.8, 4) is 5.75 Å². The molecule has 0 radical (unpaired) electrons. The summed E-state index contributed by atoms with van der Waals surface area (Å²) in [5.41, 5.74) is 6.56. The number of nitrogen functional groups attached to an aromatic ring is 1. The molecular formula is C12H22Cl2N4O2. The third-order valence-electron chi connectivity index (χ3n) is 3.22. The predicted octanol–water partition coefficient (Wildman–Crippen LogP) is 0.675. The number of anilines is 2. The average Bonchev–Trinajstić information content (AvgIpc) is 2.38. The van der Waals surface area contributed by atoms with E-state index in [1.165, 1.54) is 0 Å². The summed E-state index contributed by atoms with van der Waals surface area (Å²) in [6, 6.07) is 1.77. The number of nitrogens with one attached hydrogen (secondary N) is 1. The average molecular weight is 325 g/mol. The van der Waals surface area contributed by atoms with E-state index in [4.69, 9.17) is 10.5 Å². The molecule has 0 unspecified atom stereocenters. The van der Waals surface area contributed by atoms with Gasteiger partial charge in [0.05, 0.1) is 31.1 Å². The van der Waals surface area contributed by atoms with E-state index in [0.29, 0.717) is 11.6 Å². The van der Waals surface area contributed by atoms with E-state index in [1.807, 2.05) is 0 Å². The zero-order valence-corrected chi connectivity index (χ0v) is 13.2. The molecule has 0 aromatic carbocycles. The Morgan fingerprint density at radius 2 is 2.25 bits per heavy atom. The number of piperazine rings is 1. The first-order chi connectivity index (χ1) is 8.61. The molecule has 2 heterocycles. The molecule has 1 aliphatic heterocycles. The Labute approximate surface area is 131 Å². The molecule has 2 rings (SSSR count). The normalized spacial score (nSPS) is 19.6. The van der Waals surface area contributed by atoms with Gasteiger partial charge in [-0.2, -0.15) is 0 Å². The fourth-order valence-electron chi connectivity index (χ4n) is 2.17. The number of methoxy groups -OCH3 is 1. The maximum absolute atomic E-state index is 9.66. The lowest BCUT2D eigenvalue weighted by molar-refractivity contribution is 0.141. The van der Waals surface area contributed by atoms with Crippen LogP contribution < -0.4 is 20.7 Å². The minimum atomic E-state index is -0.388. The van der Waals surface area contributed by atoms with Crippen molar-refractivity contribution in [3.05, 3.63) is 12.3 Å². The molecule has 4 N–H and O–H groups in total. The molecule has 1 fully saturated rings. The summed E-state index contributed by atoms with van der Waals surface area (Å²) < 4.78 is 5.33. The Balaban J connectivity index is 0.00000180. The molecule has 1 aromatic rings. The van der Waals surface area contributed by atoms with Crippen LogP contribution in [0.3, 0.4) is 0 Å². The van der Waals surface area contributed by atoms with Crippen LogP contribution in [-0.4, -0.2) is 49.0 Å². The number of aromatic nitrogens is 1. The Morgan fingerprint density at radius 3 is 2.85 bits per heavy atom. The first kappa shape index (κ1) is 19.1. The van der Waals surface area contributed by atoms with Gasteiger partial charge in [0.25, 0.3) is 0 Å². The van der Waals surface area contributed by atoms with Crippen molar-refractivity contribution in [1.29, 1.82) is 0 Å². The minimum Gasteiger partial charge on any atom is -0.494 e. The van der Waals surface area contributed by atoms with Gasteiger partial charge >= 0.3 is 0 Å². The third-order valence-corrected chi connectivity index (χ3v) is 3.22. The monoisotopic (exact) mass is 324 g/mol. The number of pyridine rings is 1. The molecule has 2 atom stereocenters. The van der Waals surface area contributed by atoms with E-state index in [-0.39, 0.29) is 37.0 Å². The number of halogens is 2. The molecule has 1 aliphatic rings. The zero-order chi connectivity index (χ0) is 13.1. The summed E-state index contributed by atoms with van der Waals surface area (Å²) in [5.74, 6) is 1.16. The summed E-state index contributed by atoms with van der Waals surface area (Å²) in [4.78, 5) is 6.26. The number of aliphatic hydroxyl groups is 1. The van der Waals surface area contributed by atoms with Gasteiger partial charge in [-0.05, 0) is 6.92 Å². The predicted molar refractivity (Wildman–Crippen MR) is 85.4 cm³/mol. The Hall–Kier alpha value is -0.950. The van der Waals surface area contributed by atoms with Gasteiger partial charge in [0, 0.05) is 25.7 Å². The maximum atomic E-state index is 9.66. The summed E-state index contributed by atoms with van der Waals surface area (Å²) in [6.45, 7) is 4.19. The van der Waals surface area contributed by atoms with E-state index in [0.717, 1.165) is 25.3 Å². The van der Waals surface area contributed by atoms with Gasteiger partial charge in [-0.25, -0.2) is 4.98 Å². The van der Waals surface area contributed by atoms with Crippen molar-refractivity contribution in [2.75, 3.05) is 37.4 Å². The number of rotatable bonds is 3. The van der Waals surface area contributed by atoms with Gasteiger partial charge in [0.2, 0.25) is 0 Å². The van der Waals surface area contributed by atoms with Crippen molar-refractivity contribution < 1.29 is 9.84 Å². The number of aliphatic hydroxyl groups excluding tert-OH is 1. The van der Waals surface area contributed by atoms with Crippen LogP contribution in [0.15, 0.2) is 12.3 Å². The lowest BCUT2D eigenvalue weighted by Gasteiger charge is -2.36. The second-order valence-corrected chi connectivity index (χ2v) is 4.53. The van der Waals surface area contributed by atoms with Crippen LogP contribution in [0.2, 0.25) is 0 Å². The summed E-state index contributed by atoms with van der Waals surface area (Å²) in [5, 5.41) is 12.9. The van der Waals surface area contributed by atoms with Crippen molar-refractivity contribution >= 4 is 36.3 Å². The minimum absolute atomic E-state index is 0. The number of ether oxygens (including phenoxy) is 1. The molecule has 0 amide bonds. The third kappa shape index (κ3) is 4.28. The van der Waals surface area contributed by atoms with Gasteiger partial charge in [-0.15, -0.1) is 24.8 Å². The molecule has 0 aliphatic carbocycles. The molecule has 8 heteroatoms. The fourth-order valence-corrected chi connectivity index (χ4v) is 2.17. The molecule has 1 saturated heterocycles. The van der Waals surface area contributed by atoms with Crippen molar-refractivity contribution in [2.45, 2.75) is 19.1 Å². The highest BCUT2D eigenvalue weighted by Crippen LogP contribution is 2.29. The van der Waals surface area contributed by atoms with Crippen LogP contribution in [0.4, 0.5) is 11.5 Å². The highest BCUT2D eigenvalue weighted by Gasteiger charge is 2.24. The molecule has 0 spiro atoms. The molecule has 0 bridgehead atoms. The van der Waals surface area contributed by atoms with E-state index in [1.54, 1.807) is 26.3 Å². The van der Waals surface area contributed by atoms with Crippen molar-refractivity contribution in [2.24, 2.45) is 0 Å². The number of nitrogens with two attached hydrogens (primary N) is 1. The summed E-state index contributed by atoms with van der Waals surface area (Å²) in [6.07, 6.45) is 1.33. The SMILES string of the molecule is COc1cc(N)ncc1N1CCN[C@@H]([C@H](C)O)C1.Cl.Cl. The van der Waals surface area contributed by atoms with Crippen LogP contribution in [0.5, 0.6) is 5.75 Å². The molecule has 0 saturated carbocycles. The molecule has 20 heavy (non-hydrogen) atoms. The second kappa shape index (κ2) is 8.36. The summed E-state index contributed by atoms with van der Waals surface area (Å²) >= 11 is 0. The van der Waals surface area contributed by atoms with Gasteiger partial charge in [0.15, 0.2) is 0 Å². The first-order valence-corrected chi connectivity index (χ1v) is 6.07. The van der Waals surface area contributed by atoms with Crippen LogP contribution in [-0.2, 0) is 0 Å². The lowest BCUT2D eigenvalue weighted by Crippen LogP contribution is -2.55. The van der Waals surface area contributed by atoms with E-state index in [2.05, 4.69) is 15.2 Å². The van der Waals surface area contributed by atoms with E-state index in [9.17, 15) is 5.11 Å². The van der Waals surface area contributed by atoms with E-state index < -0.39 is 0 Å². The van der Waals surface area contributed by atoms with Crippen LogP contribution in [0.1, 0.15) is 6.92 Å². The molecule has 6 nitrogen and oxygen atoms in total. The topological polar surface area (TPSA) is 83.6 Å². The van der Waals surface area contributed by atoms with Gasteiger partial charge in [-0.1, -0.05) is 0 Å².